The van der Waals surface area contributed by atoms with Gasteiger partial charge in [0, 0.05) is 6.92 Å². The van der Waals surface area contributed by atoms with Crippen LogP contribution in [-0.2, 0) is 4.74 Å². The third kappa shape index (κ3) is 2.80. The summed E-state index contributed by atoms with van der Waals surface area (Å²) < 4.78 is 5.80. The summed E-state index contributed by atoms with van der Waals surface area (Å²) in [5.74, 6) is 0. The quantitative estimate of drug-likeness (QED) is 0.531. The Morgan fingerprint density at radius 1 is 1.07 bits per heavy atom. The molecule has 14 heavy (non-hydrogen) atoms. The van der Waals surface area contributed by atoms with E-state index in [1.54, 1.807) is 0 Å². The molecule has 0 aliphatic carbocycles. The molecule has 0 heterocycles. The van der Waals surface area contributed by atoms with Crippen LogP contribution >= 0.6 is 12.2 Å². The van der Waals surface area contributed by atoms with Crippen molar-refractivity contribution >= 4 is 25.3 Å². The maximum atomic E-state index is 5.80. The molecular weight excluding hydrogens is 208 g/mol. The molecule has 0 spiro atoms. The average molecular weight is 232 g/mol. The second kappa shape index (κ2) is 3.93. The summed E-state index contributed by atoms with van der Waals surface area (Å²) in [5.41, 5.74) is -0.177. The van der Waals surface area contributed by atoms with Gasteiger partial charge in [-0.1, -0.05) is 33.5 Å². The van der Waals surface area contributed by atoms with E-state index in [4.69, 9.17) is 17.0 Å². The van der Waals surface area contributed by atoms with E-state index in [1.807, 2.05) is 6.92 Å². The zero-order chi connectivity index (χ0) is 11.8. The van der Waals surface area contributed by atoms with Crippen molar-refractivity contribution < 1.29 is 4.74 Å². The van der Waals surface area contributed by atoms with E-state index in [2.05, 4.69) is 47.3 Å². The highest BCUT2D eigenvalue weighted by molar-refractivity contribution is 7.80. The van der Waals surface area contributed by atoms with Crippen LogP contribution in [0.4, 0.5) is 0 Å². The van der Waals surface area contributed by atoms with Crippen LogP contribution in [0.5, 0.6) is 0 Å². The van der Waals surface area contributed by atoms with Crippen molar-refractivity contribution in [2.75, 3.05) is 0 Å². The Balaban J connectivity index is 4.97. The molecular formula is C11H24OSSi. The lowest BCUT2D eigenvalue weighted by atomic mass is 9.93. The topological polar surface area (TPSA) is 9.23 Å². The molecule has 0 aromatic heterocycles. The van der Waals surface area contributed by atoms with Crippen LogP contribution in [0.1, 0.15) is 34.6 Å². The van der Waals surface area contributed by atoms with Crippen molar-refractivity contribution in [3.63, 3.8) is 0 Å². The first kappa shape index (κ1) is 14.1. The lowest BCUT2D eigenvalue weighted by molar-refractivity contribution is 0.0549. The van der Waals surface area contributed by atoms with Crippen LogP contribution in [0, 0.1) is 0 Å². The van der Waals surface area contributed by atoms with Gasteiger partial charge in [-0.05, 0) is 31.1 Å². The predicted molar refractivity (Wildman–Crippen MR) is 70.8 cm³/mol. The van der Waals surface area contributed by atoms with Gasteiger partial charge in [0.15, 0.2) is 5.05 Å². The van der Waals surface area contributed by atoms with E-state index in [9.17, 15) is 0 Å². The van der Waals surface area contributed by atoms with Crippen LogP contribution in [0.15, 0.2) is 0 Å². The minimum absolute atomic E-state index is 0.177. The minimum atomic E-state index is -1.27. The summed E-state index contributed by atoms with van der Waals surface area (Å²) in [6.45, 7) is 17.8. The Hall–Kier alpha value is 0.107. The molecule has 0 rings (SSSR count). The summed E-state index contributed by atoms with van der Waals surface area (Å²) in [6.07, 6.45) is 0. The molecule has 1 nitrogen and oxygen atoms in total. The number of hydrogen-bond donors (Lipinski definition) is 0. The van der Waals surface area contributed by atoms with Crippen LogP contribution in [0.25, 0.3) is 0 Å². The molecule has 0 bridgehead atoms. The lowest BCUT2D eigenvalue weighted by Gasteiger charge is -2.48. The lowest BCUT2D eigenvalue weighted by Crippen LogP contribution is -2.51. The molecule has 0 radical (unpaired) electrons. The van der Waals surface area contributed by atoms with Crippen LogP contribution in [0.3, 0.4) is 0 Å². The van der Waals surface area contributed by atoms with Gasteiger partial charge in [0.2, 0.25) is 0 Å². The summed E-state index contributed by atoms with van der Waals surface area (Å²) in [4.78, 5) is 0. The van der Waals surface area contributed by atoms with Crippen molar-refractivity contribution in [1.29, 1.82) is 0 Å². The molecule has 84 valence electrons. The van der Waals surface area contributed by atoms with Gasteiger partial charge in [-0.2, -0.15) is 0 Å². The van der Waals surface area contributed by atoms with E-state index in [1.165, 1.54) is 0 Å². The van der Waals surface area contributed by atoms with Gasteiger partial charge in [0.05, 0.1) is 8.07 Å². The van der Waals surface area contributed by atoms with Crippen molar-refractivity contribution in [3.8, 4) is 0 Å². The maximum absolute atomic E-state index is 5.80. The third-order valence-corrected chi connectivity index (χ3v) is 8.21. The van der Waals surface area contributed by atoms with E-state index < -0.39 is 8.07 Å². The number of rotatable bonds is 3. The van der Waals surface area contributed by atoms with Gasteiger partial charge in [-0.25, -0.2) is 0 Å². The van der Waals surface area contributed by atoms with Crippen LogP contribution in [0.2, 0.25) is 24.7 Å². The van der Waals surface area contributed by atoms with Crippen molar-refractivity contribution in [2.24, 2.45) is 0 Å². The highest BCUT2D eigenvalue weighted by Gasteiger charge is 2.48. The number of thiocarbonyl (C=S) groups is 1. The SMILES string of the molecule is CC(=S)OC(C)(C)C(C)(C)[Si](C)(C)C. The molecule has 0 saturated carbocycles. The zero-order valence-electron chi connectivity index (χ0n) is 10.8. The highest BCUT2D eigenvalue weighted by atomic mass is 32.1. The molecule has 0 fully saturated rings. The molecule has 0 atom stereocenters. The Labute approximate surface area is 95.2 Å². The first-order valence-corrected chi connectivity index (χ1v) is 9.02. The zero-order valence-corrected chi connectivity index (χ0v) is 12.6. The molecule has 0 amide bonds. The van der Waals surface area contributed by atoms with E-state index >= 15 is 0 Å². The largest absolute Gasteiger partial charge is 0.481 e. The molecule has 0 aromatic rings. The Morgan fingerprint density at radius 2 is 1.43 bits per heavy atom. The van der Waals surface area contributed by atoms with E-state index in [-0.39, 0.29) is 10.6 Å². The second-order valence-electron chi connectivity index (χ2n) is 5.98. The summed E-state index contributed by atoms with van der Waals surface area (Å²) >= 11 is 5.03. The summed E-state index contributed by atoms with van der Waals surface area (Å²) in [7, 11) is -1.27. The fraction of sp³-hybridized carbons (Fsp3) is 0.909. The first-order chi connectivity index (χ1) is 5.92. The van der Waals surface area contributed by atoms with Gasteiger partial charge in [0.25, 0.3) is 0 Å². The van der Waals surface area contributed by atoms with Gasteiger partial charge in [-0.15, -0.1) is 0 Å². The van der Waals surface area contributed by atoms with Crippen LogP contribution in [-0.4, -0.2) is 18.7 Å². The molecule has 0 saturated heterocycles. The molecule has 0 aromatic carbocycles. The summed E-state index contributed by atoms with van der Waals surface area (Å²) in [6, 6.07) is 0. The van der Waals surface area contributed by atoms with Crippen molar-refractivity contribution in [1.82, 2.24) is 0 Å². The van der Waals surface area contributed by atoms with E-state index in [0.29, 0.717) is 5.05 Å². The monoisotopic (exact) mass is 232 g/mol. The highest BCUT2D eigenvalue weighted by Crippen LogP contribution is 2.48. The second-order valence-corrected chi connectivity index (χ2v) is 12.3. The van der Waals surface area contributed by atoms with Gasteiger partial charge >= 0.3 is 0 Å². The van der Waals surface area contributed by atoms with E-state index in [0.717, 1.165) is 0 Å². The number of hydrogen-bond acceptors (Lipinski definition) is 2. The van der Waals surface area contributed by atoms with Gasteiger partial charge < -0.3 is 4.74 Å². The summed E-state index contributed by atoms with van der Waals surface area (Å²) in [5, 5.41) is 0.835. The first-order valence-electron chi connectivity index (χ1n) is 5.11. The maximum Gasteiger partial charge on any atom is 0.157 e. The Morgan fingerprint density at radius 3 is 1.64 bits per heavy atom. The van der Waals surface area contributed by atoms with Crippen molar-refractivity contribution in [2.45, 2.75) is 64.9 Å². The van der Waals surface area contributed by atoms with Crippen LogP contribution < -0.4 is 0 Å². The molecule has 0 aliphatic rings. The Bertz CT molecular complexity index is 226. The molecule has 3 heteroatoms. The van der Waals surface area contributed by atoms with Gasteiger partial charge in [-0.3, -0.25) is 0 Å². The van der Waals surface area contributed by atoms with Crippen molar-refractivity contribution in [3.05, 3.63) is 0 Å². The Kier molecular flexibility index (Phi) is 3.96. The molecule has 0 aliphatic heterocycles. The predicted octanol–water partition coefficient (Wildman–Crippen LogP) is 4.25. The molecule has 0 N–H and O–H groups in total. The smallest absolute Gasteiger partial charge is 0.157 e. The third-order valence-electron chi connectivity index (χ3n) is 3.78. The minimum Gasteiger partial charge on any atom is -0.481 e. The number of ether oxygens (including phenoxy) is 1. The average Bonchev–Trinajstić information content (AvgIpc) is 1.80. The fourth-order valence-corrected chi connectivity index (χ4v) is 3.46. The molecule has 0 unspecified atom stereocenters. The fourth-order valence-electron chi connectivity index (χ4n) is 1.39. The van der Waals surface area contributed by atoms with Gasteiger partial charge in [0.1, 0.15) is 5.60 Å². The standard InChI is InChI=1S/C11H24OSSi/c1-9(13)12-10(2,3)11(4,5)14(6,7)8/h1-8H3. The normalized spacial score (nSPS) is 14.0.